The molecular weight excluding hydrogens is 282 g/mol. The first kappa shape index (κ1) is 15.5. The molecule has 1 unspecified atom stereocenters. The van der Waals surface area contributed by atoms with Crippen LogP contribution < -0.4 is 0 Å². The Kier molecular flexibility index (Phi) is 4.02. The summed E-state index contributed by atoms with van der Waals surface area (Å²) in [7, 11) is 0. The molecule has 2 bridgehead atoms. The van der Waals surface area contributed by atoms with Crippen LogP contribution in [-0.2, 0) is 19.1 Å². The number of hydrogen-bond acceptors (Lipinski definition) is 4. The Labute approximate surface area is 131 Å². The number of carbonyl (C=O) groups excluding carboxylic acids is 2. The second kappa shape index (κ2) is 5.69. The zero-order chi connectivity index (χ0) is 15.9. The van der Waals surface area contributed by atoms with Crippen molar-refractivity contribution in [3.8, 4) is 0 Å². The van der Waals surface area contributed by atoms with E-state index in [9.17, 15) is 9.59 Å². The van der Waals surface area contributed by atoms with E-state index in [-0.39, 0.29) is 18.0 Å². The summed E-state index contributed by atoms with van der Waals surface area (Å²) in [6.07, 6.45) is 5.43. The fourth-order valence-corrected chi connectivity index (χ4v) is 3.86. The molecule has 3 aliphatic rings. The van der Waals surface area contributed by atoms with Crippen LogP contribution in [0.3, 0.4) is 0 Å². The number of amides is 1. The van der Waals surface area contributed by atoms with Gasteiger partial charge >= 0.3 is 5.97 Å². The SMILES string of the molecule is CCCCOC(=O)C1[C@@H]2C=C[C@]3(CN(CC(C)C)C(=O)[C@H]13)O2. The molecule has 3 aliphatic heterocycles. The van der Waals surface area contributed by atoms with Crippen LogP contribution >= 0.6 is 0 Å². The number of rotatable bonds is 6. The molecule has 0 aliphatic carbocycles. The van der Waals surface area contributed by atoms with E-state index >= 15 is 0 Å². The molecule has 3 rings (SSSR count). The first-order valence-electron chi connectivity index (χ1n) is 8.31. The Morgan fingerprint density at radius 1 is 1.55 bits per heavy atom. The van der Waals surface area contributed by atoms with Gasteiger partial charge in [0.25, 0.3) is 0 Å². The number of carbonyl (C=O) groups is 2. The molecule has 1 amide bonds. The Balaban J connectivity index is 1.76. The van der Waals surface area contributed by atoms with Gasteiger partial charge < -0.3 is 14.4 Å². The van der Waals surface area contributed by atoms with Crippen LogP contribution in [0.25, 0.3) is 0 Å². The minimum Gasteiger partial charge on any atom is -0.465 e. The van der Waals surface area contributed by atoms with Crippen molar-refractivity contribution in [2.75, 3.05) is 19.7 Å². The number of nitrogens with zero attached hydrogens (tertiary/aromatic N) is 1. The molecule has 1 spiro atoms. The molecule has 0 aromatic heterocycles. The van der Waals surface area contributed by atoms with Gasteiger partial charge in [0, 0.05) is 6.54 Å². The zero-order valence-corrected chi connectivity index (χ0v) is 13.6. The Morgan fingerprint density at radius 3 is 3.00 bits per heavy atom. The predicted molar refractivity (Wildman–Crippen MR) is 81.0 cm³/mol. The molecule has 5 heteroatoms. The fraction of sp³-hybridized carbons (Fsp3) is 0.765. The Morgan fingerprint density at radius 2 is 2.32 bits per heavy atom. The van der Waals surface area contributed by atoms with Crippen molar-refractivity contribution in [2.45, 2.75) is 45.3 Å². The van der Waals surface area contributed by atoms with Crippen LogP contribution in [0.4, 0.5) is 0 Å². The topological polar surface area (TPSA) is 55.8 Å². The molecule has 4 atom stereocenters. The smallest absolute Gasteiger partial charge is 0.312 e. The Bertz CT molecular complexity index is 501. The lowest BCUT2D eigenvalue weighted by Crippen LogP contribution is -2.40. The van der Waals surface area contributed by atoms with Crippen LogP contribution in [0.5, 0.6) is 0 Å². The molecular formula is C17H25NO4. The van der Waals surface area contributed by atoms with E-state index in [0.717, 1.165) is 12.8 Å². The van der Waals surface area contributed by atoms with Gasteiger partial charge in [0.2, 0.25) is 5.91 Å². The van der Waals surface area contributed by atoms with Crippen LogP contribution in [0, 0.1) is 17.8 Å². The van der Waals surface area contributed by atoms with Gasteiger partial charge in [-0.15, -0.1) is 0 Å². The van der Waals surface area contributed by atoms with E-state index in [1.54, 1.807) is 0 Å². The lowest BCUT2D eigenvalue weighted by atomic mass is 9.77. The quantitative estimate of drug-likeness (QED) is 0.426. The van der Waals surface area contributed by atoms with Crippen LogP contribution in [0.15, 0.2) is 12.2 Å². The summed E-state index contributed by atoms with van der Waals surface area (Å²) in [5, 5.41) is 0. The molecule has 0 aromatic rings. The second-order valence-corrected chi connectivity index (χ2v) is 7.03. The highest BCUT2D eigenvalue weighted by Gasteiger charge is 2.67. The number of likely N-dealkylation sites (tertiary alicyclic amines) is 1. The standard InChI is InChI=1S/C17H25NO4/c1-4-5-8-21-16(20)13-12-6-7-17(22-12)10-18(9-11(2)3)15(19)14(13)17/h6-7,11-14H,4-5,8-10H2,1-3H3/t12-,13?,14-,17+/m0/s1. The number of unbranched alkanes of at least 4 members (excludes halogenated alkanes) is 1. The highest BCUT2D eigenvalue weighted by atomic mass is 16.6. The van der Waals surface area contributed by atoms with Gasteiger partial charge in [0.05, 0.1) is 25.2 Å². The van der Waals surface area contributed by atoms with Gasteiger partial charge in [-0.3, -0.25) is 9.59 Å². The summed E-state index contributed by atoms with van der Waals surface area (Å²) in [4.78, 5) is 27.0. The largest absolute Gasteiger partial charge is 0.465 e. The van der Waals surface area contributed by atoms with Gasteiger partial charge in [-0.05, 0) is 12.3 Å². The van der Waals surface area contributed by atoms with Crippen molar-refractivity contribution in [1.29, 1.82) is 0 Å². The third-order valence-electron chi connectivity index (χ3n) is 4.78. The van der Waals surface area contributed by atoms with Gasteiger partial charge in [0.15, 0.2) is 0 Å². The van der Waals surface area contributed by atoms with Gasteiger partial charge in [-0.2, -0.15) is 0 Å². The van der Waals surface area contributed by atoms with Crippen LogP contribution in [0.1, 0.15) is 33.6 Å². The highest BCUT2D eigenvalue weighted by Crippen LogP contribution is 2.52. The van der Waals surface area contributed by atoms with Crippen LogP contribution in [-0.4, -0.2) is 48.2 Å². The average molecular weight is 307 g/mol. The zero-order valence-electron chi connectivity index (χ0n) is 13.6. The van der Waals surface area contributed by atoms with Crippen LogP contribution in [0.2, 0.25) is 0 Å². The summed E-state index contributed by atoms with van der Waals surface area (Å²) < 4.78 is 11.4. The van der Waals surface area contributed by atoms with Crippen molar-refractivity contribution in [3.63, 3.8) is 0 Å². The monoisotopic (exact) mass is 307 g/mol. The summed E-state index contributed by atoms with van der Waals surface area (Å²) in [6, 6.07) is 0. The average Bonchev–Trinajstić information content (AvgIpc) is 3.07. The molecule has 0 radical (unpaired) electrons. The normalized spacial score (nSPS) is 35.5. The maximum absolute atomic E-state index is 12.8. The number of ether oxygens (including phenoxy) is 2. The Hall–Kier alpha value is -1.36. The minimum absolute atomic E-state index is 0.0398. The van der Waals surface area contributed by atoms with E-state index in [2.05, 4.69) is 20.8 Å². The van der Waals surface area contributed by atoms with Crippen molar-refractivity contribution in [2.24, 2.45) is 17.8 Å². The fourth-order valence-electron chi connectivity index (χ4n) is 3.86. The van der Waals surface area contributed by atoms with Crippen molar-refractivity contribution >= 4 is 11.9 Å². The number of fused-ring (bicyclic) bond motifs is 1. The first-order chi connectivity index (χ1) is 10.5. The lowest BCUT2D eigenvalue weighted by molar-refractivity contribution is -0.154. The van der Waals surface area contributed by atoms with Crippen molar-refractivity contribution in [3.05, 3.63) is 12.2 Å². The lowest BCUT2D eigenvalue weighted by Gasteiger charge is -2.22. The minimum atomic E-state index is -0.606. The summed E-state index contributed by atoms with van der Waals surface area (Å²) in [5.41, 5.74) is -0.606. The van der Waals surface area contributed by atoms with E-state index in [0.29, 0.717) is 25.6 Å². The second-order valence-electron chi connectivity index (χ2n) is 7.03. The van der Waals surface area contributed by atoms with E-state index in [1.807, 2.05) is 17.1 Å². The molecule has 0 N–H and O–H groups in total. The summed E-state index contributed by atoms with van der Waals surface area (Å²) in [5.74, 6) is -0.732. The molecule has 0 aromatic carbocycles. The predicted octanol–water partition coefficient (Wildman–Crippen LogP) is 1.77. The molecule has 5 nitrogen and oxygen atoms in total. The van der Waals surface area contributed by atoms with E-state index in [4.69, 9.17) is 9.47 Å². The summed E-state index contributed by atoms with van der Waals surface area (Å²) >= 11 is 0. The van der Waals surface area contributed by atoms with Gasteiger partial charge in [-0.25, -0.2) is 0 Å². The molecule has 2 fully saturated rings. The first-order valence-corrected chi connectivity index (χ1v) is 8.31. The molecule has 122 valence electrons. The molecule has 3 heterocycles. The maximum Gasteiger partial charge on any atom is 0.312 e. The van der Waals surface area contributed by atoms with Gasteiger partial charge in [0.1, 0.15) is 11.5 Å². The van der Waals surface area contributed by atoms with E-state index in [1.165, 1.54) is 0 Å². The van der Waals surface area contributed by atoms with E-state index < -0.39 is 17.4 Å². The third kappa shape index (κ3) is 2.35. The molecule has 22 heavy (non-hydrogen) atoms. The molecule has 0 saturated carbocycles. The van der Waals surface area contributed by atoms with Crippen molar-refractivity contribution in [1.82, 2.24) is 4.90 Å². The maximum atomic E-state index is 12.8. The molecule has 2 saturated heterocycles. The van der Waals surface area contributed by atoms with Crippen molar-refractivity contribution < 1.29 is 19.1 Å². The van der Waals surface area contributed by atoms with Gasteiger partial charge in [-0.1, -0.05) is 39.3 Å². The third-order valence-corrected chi connectivity index (χ3v) is 4.78. The highest BCUT2D eigenvalue weighted by molar-refractivity contribution is 5.91. The summed E-state index contributed by atoms with van der Waals surface area (Å²) in [6.45, 7) is 7.91. The number of hydrogen-bond donors (Lipinski definition) is 0. The number of esters is 1.